The van der Waals surface area contributed by atoms with E-state index in [-0.39, 0.29) is 5.97 Å². The van der Waals surface area contributed by atoms with E-state index in [1.807, 2.05) is 61.5 Å². The van der Waals surface area contributed by atoms with Gasteiger partial charge in [-0.3, -0.25) is 0 Å². The monoisotopic (exact) mass is 236 g/mol. The molecule has 2 aromatic rings. The van der Waals surface area contributed by atoms with Crippen molar-refractivity contribution in [2.45, 2.75) is 6.92 Å². The van der Waals surface area contributed by atoms with Gasteiger partial charge in [-0.2, -0.15) is 0 Å². The number of carbonyl (C=O) groups is 1. The highest BCUT2D eigenvalue weighted by molar-refractivity contribution is 6.06. The van der Waals surface area contributed by atoms with Gasteiger partial charge in [0.15, 0.2) is 0 Å². The summed E-state index contributed by atoms with van der Waals surface area (Å²) in [4.78, 5) is 11.8. The first-order valence-corrected chi connectivity index (χ1v) is 5.84. The van der Waals surface area contributed by atoms with Gasteiger partial charge in [0.2, 0.25) is 0 Å². The van der Waals surface area contributed by atoms with Crippen molar-refractivity contribution in [3.05, 3.63) is 70.8 Å². The van der Waals surface area contributed by atoms with Gasteiger partial charge in [0.25, 0.3) is 0 Å². The van der Waals surface area contributed by atoms with Gasteiger partial charge in [0.05, 0.1) is 5.56 Å². The molecule has 1 heterocycles. The van der Waals surface area contributed by atoms with Crippen LogP contribution >= 0.6 is 0 Å². The summed E-state index contributed by atoms with van der Waals surface area (Å²) in [6, 6.07) is 15.6. The molecular formula is C16H12O2. The summed E-state index contributed by atoms with van der Waals surface area (Å²) >= 11 is 0. The van der Waals surface area contributed by atoms with E-state index in [0.717, 1.165) is 16.7 Å². The lowest BCUT2D eigenvalue weighted by atomic mass is 10.0. The summed E-state index contributed by atoms with van der Waals surface area (Å²) in [5, 5.41) is 0. The number of rotatable bonds is 1. The second kappa shape index (κ2) is 4.15. The normalized spacial score (nSPS) is 15.6. The molecule has 18 heavy (non-hydrogen) atoms. The van der Waals surface area contributed by atoms with Gasteiger partial charge in [-0.1, -0.05) is 48.5 Å². The number of esters is 1. The maximum atomic E-state index is 11.8. The molecule has 0 radical (unpaired) electrons. The van der Waals surface area contributed by atoms with Crippen molar-refractivity contribution in [1.29, 1.82) is 0 Å². The van der Waals surface area contributed by atoms with E-state index < -0.39 is 0 Å². The SMILES string of the molecule is Cc1cccc2c1C(=O)O/C2=C\c1ccccc1. The Kier molecular flexibility index (Phi) is 2.49. The third-order valence-electron chi connectivity index (χ3n) is 3.04. The van der Waals surface area contributed by atoms with E-state index in [4.69, 9.17) is 4.74 Å². The van der Waals surface area contributed by atoms with Crippen LogP contribution in [-0.2, 0) is 4.74 Å². The lowest BCUT2D eigenvalue weighted by Crippen LogP contribution is -1.96. The van der Waals surface area contributed by atoms with Crippen LogP contribution in [0.5, 0.6) is 0 Å². The first kappa shape index (κ1) is 10.8. The minimum Gasteiger partial charge on any atom is -0.422 e. The molecule has 0 saturated heterocycles. The molecule has 0 fully saturated rings. The van der Waals surface area contributed by atoms with Gasteiger partial charge in [0.1, 0.15) is 5.76 Å². The molecule has 0 amide bonds. The fraction of sp³-hybridized carbons (Fsp3) is 0.0625. The number of fused-ring (bicyclic) bond motifs is 1. The molecule has 0 atom stereocenters. The Morgan fingerprint density at radius 2 is 1.78 bits per heavy atom. The average Bonchev–Trinajstić information content (AvgIpc) is 2.69. The van der Waals surface area contributed by atoms with Crippen LogP contribution in [0.2, 0.25) is 0 Å². The van der Waals surface area contributed by atoms with Gasteiger partial charge in [0, 0.05) is 5.56 Å². The number of aryl methyl sites for hydroxylation is 1. The molecule has 0 aliphatic carbocycles. The number of benzene rings is 2. The smallest absolute Gasteiger partial charge is 0.344 e. The molecule has 0 spiro atoms. The second-order valence-corrected chi connectivity index (χ2v) is 4.31. The van der Waals surface area contributed by atoms with Gasteiger partial charge in [-0.25, -0.2) is 4.79 Å². The summed E-state index contributed by atoms with van der Waals surface area (Å²) in [6.07, 6.45) is 1.89. The number of ether oxygens (including phenoxy) is 1. The topological polar surface area (TPSA) is 26.3 Å². The van der Waals surface area contributed by atoms with Crippen molar-refractivity contribution in [3.63, 3.8) is 0 Å². The van der Waals surface area contributed by atoms with Crippen molar-refractivity contribution in [2.24, 2.45) is 0 Å². The predicted octanol–water partition coefficient (Wildman–Crippen LogP) is 3.66. The van der Waals surface area contributed by atoms with E-state index in [9.17, 15) is 4.79 Å². The third kappa shape index (κ3) is 1.72. The Bertz CT molecular complexity index is 639. The molecule has 1 aliphatic heterocycles. The highest BCUT2D eigenvalue weighted by Gasteiger charge is 2.27. The Balaban J connectivity index is 2.12. The summed E-state index contributed by atoms with van der Waals surface area (Å²) in [5.74, 6) is 0.371. The van der Waals surface area contributed by atoms with Crippen LogP contribution in [0.3, 0.4) is 0 Å². The molecule has 0 saturated carbocycles. The van der Waals surface area contributed by atoms with Crippen LogP contribution in [0.1, 0.15) is 27.0 Å². The number of carbonyl (C=O) groups excluding carboxylic acids is 1. The standard InChI is InChI=1S/C16H12O2/c1-11-6-5-9-13-14(18-16(17)15(11)13)10-12-7-3-2-4-8-12/h2-10H,1H3/b14-10-. The summed E-state index contributed by atoms with van der Waals surface area (Å²) in [5.41, 5.74) is 3.53. The molecule has 3 rings (SSSR count). The van der Waals surface area contributed by atoms with Gasteiger partial charge in [-0.05, 0) is 24.1 Å². The second-order valence-electron chi connectivity index (χ2n) is 4.31. The molecule has 1 aliphatic rings. The van der Waals surface area contributed by atoms with Crippen molar-refractivity contribution in [2.75, 3.05) is 0 Å². The summed E-state index contributed by atoms with van der Waals surface area (Å²) in [6.45, 7) is 1.92. The molecular weight excluding hydrogens is 224 g/mol. The largest absolute Gasteiger partial charge is 0.422 e. The molecule has 0 bridgehead atoms. The van der Waals surface area contributed by atoms with E-state index >= 15 is 0 Å². The minimum absolute atomic E-state index is 0.259. The predicted molar refractivity (Wildman–Crippen MR) is 70.9 cm³/mol. The first-order chi connectivity index (χ1) is 8.75. The summed E-state index contributed by atoms with van der Waals surface area (Å²) < 4.78 is 5.34. The van der Waals surface area contributed by atoms with Crippen LogP contribution in [-0.4, -0.2) is 5.97 Å². The first-order valence-electron chi connectivity index (χ1n) is 5.84. The Morgan fingerprint density at radius 3 is 2.56 bits per heavy atom. The molecule has 2 nitrogen and oxygen atoms in total. The van der Waals surface area contributed by atoms with Crippen molar-refractivity contribution >= 4 is 17.8 Å². The zero-order chi connectivity index (χ0) is 12.5. The quantitative estimate of drug-likeness (QED) is 0.706. The van der Waals surface area contributed by atoms with E-state index in [0.29, 0.717) is 11.3 Å². The van der Waals surface area contributed by atoms with Crippen molar-refractivity contribution in [3.8, 4) is 0 Å². The fourth-order valence-corrected chi connectivity index (χ4v) is 2.16. The molecule has 88 valence electrons. The van der Waals surface area contributed by atoms with E-state index in [1.165, 1.54) is 0 Å². The lowest BCUT2D eigenvalue weighted by Gasteiger charge is -1.99. The maximum absolute atomic E-state index is 11.8. The Morgan fingerprint density at radius 1 is 1.00 bits per heavy atom. The molecule has 0 aromatic heterocycles. The molecule has 2 heteroatoms. The summed E-state index contributed by atoms with van der Waals surface area (Å²) in [7, 11) is 0. The average molecular weight is 236 g/mol. The fourth-order valence-electron chi connectivity index (χ4n) is 2.16. The minimum atomic E-state index is -0.259. The zero-order valence-corrected chi connectivity index (χ0v) is 10.0. The van der Waals surface area contributed by atoms with Crippen LogP contribution in [0.25, 0.3) is 11.8 Å². The van der Waals surface area contributed by atoms with Gasteiger partial charge < -0.3 is 4.74 Å². The highest BCUT2D eigenvalue weighted by atomic mass is 16.5. The number of hydrogen-bond acceptors (Lipinski definition) is 2. The van der Waals surface area contributed by atoms with Crippen LogP contribution in [0.15, 0.2) is 48.5 Å². The van der Waals surface area contributed by atoms with E-state index in [1.54, 1.807) is 0 Å². The van der Waals surface area contributed by atoms with Crippen LogP contribution < -0.4 is 0 Å². The molecule has 0 unspecified atom stereocenters. The van der Waals surface area contributed by atoms with E-state index in [2.05, 4.69) is 0 Å². The molecule has 2 aromatic carbocycles. The Hall–Kier alpha value is -2.35. The van der Waals surface area contributed by atoms with Gasteiger partial charge >= 0.3 is 5.97 Å². The van der Waals surface area contributed by atoms with Crippen molar-refractivity contribution in [1.82, 2.24) is 0 Å². The van der Waals surface area contributed by atoms with Crippen LogP contribution in [0, 0.1) is 6.92 Å². The highest BCUT2D eigenvalue weighted by Crippen LogP contribution is 2.32. The zero-order valence-electron chi connectivity index (χ0n) is 10.0. The number of cyclic esters (lactones) is 1. The van der Waals surface area contributed by atoms with Crippen LogP contribution in [0.4, 0.5) is 0 Å². The van der Waals surface area contributed by atoms with Crippen molar-refractivity contribution < 1.29 is 9.53 Å². The van der Waals surface area contributed by atoms with Gasteiger partial charge in [-0.15, -0.1) is 0 Å². The third-order valence-corrected chi connectivity index (χ3v) is 3.04. The lowest BCUT2D eigenvalue weighted by molar-refractivity contribution is 0.0716. The molecule has 0 N–H and O–H groups in total. The number of hydrogen-bond donors (Lipinski definition) is 0. The maximum Gasteiger partial charge on any atom is 0.344 e. The Labute approximate surface area is 106 Å².